The molecule has 0 spiro atoms. The molecule has 0 atom stereocenters. The molecule has 0 radical (unpaired) electrons. The van der Waals surface area contributed by atoms with Gasteiger partial charge in [-0.25, -0.2) is 4.98 Å². The summed E-state index contributed by atoms with van der Waals surface area (Å²) < 4.78 is 10.1. The Kier molecular flexibility index (Phi) is 3.19. The number of para-hydroxylation sites is 2. The highest BCUT2D eigenvalue weighted by molar-refractivity contribution is 5.72. The van der Waals surface area contributed by atoms with Gasteiger partial charge < -0.3 is 9.15 Å². The number of ether oxygens (including phenoxy) is 1. The number of carbonyl (C=O) groups is 1. The normalized spacial score (nSPS) is 10.6. The average Bonchev–Trinajstić information content (AvgIpc) is 2.71. The van der Waals surface area contributed by atoms with E-state index in [9.17, 15) is 4.79 Å². The van der Waals surface area contributed by atoms with Gasteiger partial charge in [0, 0.05) is 12.8 Å². The van der Waals surface area contributed by atoms with Gasteiger partial charge in [-0.05, 0) is 18.6 Å². The van der Waals surface area contributed by atoms with E-state index in [0.717, 1.165) is 11.1 Å². The van der Waals surface area contributed by atoms with Crippen molar-refractivity contribution >= 4 is 17.1 Å². The van der Waals surface area contributed by atoms with Crippen LogP contribution in [-0.4, -0.2) is 18.1 Å². The molecule has 0 saturated heterocycles. The maximum atomic E-state index is 10.9. The zero-order valence-corrected chi connectivity index (χ0v) is 9.10. The SMILES string of the molecule is COC(=O)CCCc1nc2ccccc2o1. The minimum Gasteiger partial charge on any atom is -0.469 e. The van der Waals surface area contributed by atoms with Gasteiger partial charge in [0.15, 0.2) is 11.5 Å². The van der Waals surface area contributed by atoms with E-state index < -0.39 is 0 Å². The van der Waals surface area contributed by atoms with Crippen LogP contribution in [0, 0.1) is 0 Å². The molecule has 0 saturated carbocycles. The van der Waals surface area contributed by atoms with Crippen molar-refractivity contribution in [1.82, 2.24) is 4.98 Å². The molecule has 0 aliphatic heterocycles. The Bertz CT molecular complexity index is 457. The first-order valence-corrected chi connectivity index (χ1v) is 5.21. The topological polar surface area (TPSA) is 52.3 Å². The van der Waals surface area contributed by atoms with E-state index in [0.29, 0.717) is 25.2 Å². The number of esters is 1. The quantitative estimate of drug-likeness (QED) is 0.740. The van der Waals surface area contributed by atoms with E-state index in [1.165, 1.54) is 7.11 Å². The van der Waals surface area contributed by atoms with Gasteiger partial charge in [0.25, 0.3) is 0 Å². The zero-order valence-electron chi connectivity index (χ0n) is 9.10. The molecule has 16 heavy (non-hydrogen) atoms. The third-order valence-electron chi connectivity index (χ3n) is 2.34. The van der Waals surface area contributed by atoms with Gasteiger partial charge in [-0.1, -0.05) is 12.1 Å². The Balaban J connectivity index is 1.97. The second kappa shape index (κ2) is 4.79. The monoisotopic (exact) mass is 219 g/mol. The molecule has 0 aliphatic carbocycles. The van der Waals surface area contributed by atoms with E-state index in [1.807, 2.05) is 24.3 Å². The number of hydrogen-bond donors (Lipinski definition) is 0. The fourth-order valence-corrected chi connectivity index (χ4v) is 1.51. The summed E-state index contributed by atoms with van der Waals surface area (Å²) in [4.78, 5) is 15.2. The number of rotatable bonds is 4. The average molecular weight is 219 g/mol. The van der Waals surface area contributed by atoms with Gasteiger partial charge in [0.05, 0.1) is 7.11 Å². The van der Waals surface area contributed by atoms with Crippen molar-refractivity contribution < 1.29 is 13.9 Å². The predicted molar refractivity (Wildman–Crippen MR) is 59.0 cm³/mol. The molecule has 0 unspecified atom stereocenters. The Morgan fingerprint density at radius 1 is 1.44 bits per heavy atom. The smallest absolute Gasteiger partial charge is 0.305 e. The lowest BCUT2D eigenvalue weighted by Gasteiger charge is -1.96. The van der Waals surface area contributed by atoms with Crippen LogP contribution in [0.1, 0.15) is 18.7 Å². The van der Waals surface area contributed by atoms with Gasteiger partial charge in [-0.2, -0.15) is 0 Å². The number of fused-ring (bicyclic) bond motifs is 1. The molecule has 84 valence electrons. The number of benzene rings is 1. The third-order valence-corrected chi connectivity index (χ3v) is 2.34. The second-order valence-corrected chi connectivity index (χ2v) is 3.51. The maximum absolute atomic E-state index is 10.9. The molecule has 4 heteroatoms. The van der Waals surface area contributed by atoms with Crippen molar-refractivity contribution in [3.63, 3.8) is 0 Å². The van der Waals surface area contributed by atoms with E-state index in [4.69, 9.17) is 4.42 Å². The first-order valence-electron chi connectivity index (χ1n) is 5.21. The fourth-order valence-electron chi connectivity index (χ4n) is 1.51. The van der Waals surface area contributed by atoms with Gasteiger partial charge in [-0.3, -0.25) is 4.79 Å². The molecule has 1 aromatic carbocycles. The molecule has 2 rings (SSSR count). The summed E-state index contributed by atoms with van der Waals surface area (Å²) in [7, 11) is 1.39. The Morgan fingerprint density at radius 3 is 3.00 bits per heavy atom. The second-order valence-electron chi connectivity index (χ2n) is 3.51. The molecular formula is C12H13NO3. The number of carbonyl (C=O) groups excluding carboxylic acids is 1. The summed E-state index contributed by atoms with van der Waals surface area (Å²) >= 11 is 0. The van der Waals surface area contributed by atoms with Crippen LogP contribution in [0.15, 0.2) is 28.7 Å². The number of aryl methyl sites for hydroxylation is 1. The van der Waals surface area contributed by atoms with Crippen LogP contribution in [0.5, 0.6) is 0 Å². The van der Waals surface area contributed by atoms with Crippen LogP contribution < -0.4 is 0 Å². The minimum absolute atomic E-state index is 0.198. The predicted octanol–water partition coefficient (Wildman–Crippen LogP) is 2.32. The Labute approximate surface area is 93.2 Å². The maximum Gasteiger partial charge on any atom is 0.305 e. The molecule has 0 aliphatic rings. The lowest BCUT2D eigenvalue weighted by atomic mass is 10.2. The molecule has 0 bridgehead atoms. The summed E-state index contributed by atoms with van der Waals surface area (Å²) in [6, 6.07) is 7.61. The molecule has 0 N–H and O–H groups in total. The summed E-state index contributed by atoms with van der Waals surface area (Å²) in [6.45, 7) is 0. The van der Waals surface area contributed by atoms with Crippen LogP contribution in [0.2, 0.25) is 0 Å². The number of oxazole rings is 1. The summed E-state index contributed by atoms with van der Waals surface area (Å²) in [6.07, 6.45) is 1.75. The van der Waals surface area contributed by atoms with E-state index >= 15 is 0 Å². The number of nitrogens with zero attached hydrogens (tertiary/aromatic N) is 1. The summed E-state index contributed by atoms with van der Waals surface area (Å²) in [5.74, 6) is 0.473. The molecule has 1 heterocycles. The standard InChI is InChI=1S/C12H13NO3/c1-15-12(14)8-4-7-11-13-9-5-2-3-6-10(9)16-11/h2-3,5-6H,4,7-8H2,1H3. The van der Waals surface area contributed by atoms with Crippen molar-refractivity contribution in [2.75, 3.05) is 7.11 Å². The Hall–Kier alpha value is -1.84. The number of aromatic nitrogens is 1. The van der Waals surface area contributed by atoms with E-state index in [2.05, 4.69) is 9.72 Å². The molecule has 0 amide bonds. The third kappa shape index (κ3) is 2.39. The fraction of sp³-hybridized carbons (Fsp3) is 0.333. The summed E-state index contributed by atoms with van der Waals surface area (Å²) in [5, 5.41) is 0. The van der Waals surface area contributed by atoms with Crippen LogP contribution in [0.4, 0.5) is 0 Å². The van der Waals surface area contributed by atoms with Crippen LogP contribution in [0.25, 0.3) is 11.1 Å². The van der Waals surface area contributed by atoms with Crippen LogP contribution >= 0.6 is 0 Å². The molecule has 1 aromatic heterocycles. The van der Waals surface area contributed by atoms with Gasteiger partial charge in [0.1, 0.15) is 5.52 Å². The van der Waals surface area contributed by atoms with Crippen molar-refractivity contribution in [1.29, 1.82) is 0 Å². The molecule has 0 fully saturated rings. The van der Waals surface area contributed by atoms with Crippen LogP contribution in [0.3, 0.4) is 0 Å². The molecule has 2 aromatic rings. The first kappa shape index (κ1) is 10.7. The summed E-state index contributed by atoms with van der Waals surface area (Å²) in [5.41, 5.74) is 1.64. The van der Waals surface area contributed by atoms with Gasteiger partial charge >= 0.3 is 5.97 Å². The molecular weight excluding hydrogens is 206 g/mol. The first-order chi connectivity index (χ1) is 7.79. The van der Waals surface area contributed by atoms with Crippen LogP contribution in [-0.2, 0) is 16.0 Å². The lowest BCUT2D eigenvalue weighted by molar-refractivity contribution is -0.140. The van der Waals surface area contributed by atoms with Crippen molar-refractivity contribution in [2.24, 2.45) is 0 Å². The minimum atomic E-state index is -0.198. The Morgan fingerprint density at radius 2 is 2.25 bits per heavy atom. The van der Waals surface area contributed by atoms with Crippen molar-refractivity contribution in [2.45, 2.75) is 19.3 Å². The highest BCUT2D eigenvalue weighted by Gasteiger charge is 2.06. The van der Waals surface area contributed by atoms with Crippen molar-refractivity contribution in [3.8, 4) is 0 Å². The van der Waals surface area contributed by atoms with Crippen molar-refractivity contribution in [3.05, 3.63) is 30.2 Å². The van der Waals surface area contributed by atoms with E-state index in [-0.39, 0.29) is 5.97 Å². The zero-order chi connectivity index (χ0) is 11.4. The largest absolute Gasteiger partial charge is 0.469 e. The highest BCUT2D eigenvalue weighted by Crippen LogP contribution is 2.16. The number of methoxy groups -OCH3 is 1. The lowest BCUT2D eigenvalue weighted by Crippen LogP contribution is -2.00. The van der Waals surface area contributed by atoms with E-state index in [1.54, 1.807) is 0 Å². The molecule has 4 nitrogen and oxygen atoms in total. The highest BCUT2D eigenvalue weighted by atomic mass is 16.5. The van der Waals surface area contributed by atoms with Gasteiger partial charge in [-0.15, -0.1) is 0 Å². The van der Waals surface area contributed by atoms with Gasteiger partial charge in [0.2, 0.25) is 0 Å². The number of hydrogen-bond acceptors (Lipinski definition) is 4.